The molecule has 1 aromatic rings. The monoisotopic (exact) mass is 639 g/mol. The van der Waals surface area contributed by atoms with Crippen LogP contribution < -0.4 is 10.4 Å². The van der Waals surface area contributed by atoms with Crippen LogP contribution in [0.25, 0.3) is 0 Å². The number of nitrogens with zero attached hydrogens (tertiary/aromatic N) is 1. The average molecular weight is 640 g/mol. The predicted octanol–water partition coefficient (Wildman–Crippen LogP) is 5.45. The smallest absolute Gasteiger partial charge is 0.407 e. The lowest BCUT2D eigenvalue weighted by Gasteiger charge is -2.30. The number of unbranched alkanes of at least 4 members (excludes halogenated alkanes) is 4. The Morgan fingerprint density at radius 2 is 1.77 bits per heavy atom. The van der Waals surface area contributed by atoms with Crippen molar-refractivity contribution in [1.29, 1.82) is 0 Å². The summed E-state index contributed by atoms with van der Waals surface area (Å²) in [6.45, 7) is 7.33. The molecule has 1 unspecified atom stereocenters. The number of hydrogen-bond acceptors (Lipinski definition) is 8. The number of alkyl carbamates (subject to hydrolysis) is 1. The van der Waals surface area contributed by atoms with Gasteiger partial charge in [-0.1, -0.05) is 56.5 Å². The molecule has 248 valence electrons. The Morgan fingerprint density at radius 3 is 2.43 bits per heavy atom. The minimum absolute atomic E-state index is 0.126. The number of carbonyl (C=O) groups is 4. The molecule has 2 amide bonds. The van der Waals surface area contributed by atoms with Crippen LogP contribution in [0.1, 0.15) is 91.0 Å². The molecule has 0 bridgehead atoms. The fourth-order valence-corrected chi connectivity index (χ4v) is 6.61. The van der Waals surface area contributed by atoms with E-state index in [1.165, 1.54) is 4.90 Å². The summed E-state index contributed by atoms with van der Waals surface area (Å²) in [4.78, 5) is 51.2. The molecule has 3 N–H and O–H groups in total. The van der Waals surface area contributed by atoms with Gasteiger partial charge in [-0.3, -0.25) is 18.7 Å². The van der Waals surface area contributed by atoms with Gasteiger partial charge in [-0.25, -0.2) is 14.7 Å². The molecular weight excluding hydrogens is 589 g/mol. The van der Waals surface area contributed by atoms with Crippen LogP contribution in [-0.4, -0.2) is 72.1 Å². The van der Waals surface area contributed by atoms with Gasteiger partial charge >= 0.3 is 18.0 Å². The Balaban J connectivity index is 2.05. The summed E-state index contributed by atoms with van der Waals surface area (Å²) in [7, 11) is -3.68. The topological polar surface area (TPSA) is 161 Å². The van der Waals surface area contributed by atoms with Crippen molar-refractivity contribution < 1.29 is 42.8 Å². The number of esters is 1. The highest BCUT2D eigenvalue weighted by Gasteiger charge is 2.39. The fourth-order valence-electron chi connectivity index (χ4n) is 4.70. The van der Waals surface area contributed by atoms with Gasteiger partial charge in [0, 0.05) is 19.3 Å². The summed E-state index contributed by atoms with van der Waals surface area (Å²) < 4.78 is 30.1. The molecule has 0 spiro atoms. The molecule has 1 aromatic carbocycles. The normalized spacial score (nSPS) is 17.0. The van der Waals surface area contributed by atoms with Crippen LogP contribution in [0.5, 0.6) is 0 Å². The van der Waals surface area contributed by atoms with E-state index < -0.39 is 55.8 Å². The van der Waals surface area contributed by atoms with Gasteiger partial charge in [-0.05, 0) is 64.9 Å². The third-order valence-electron chi connectivity index (χ3n) is 7.24. The van der Waals surface area contributed by atoms with Gasteiger partial charge in [-0.2, -0.15) is 0 Å². The molecule has 13 heteroatoms. The second-order valence-electron chi connectivity index (χ2n) is 12.1. The van der Waals surface area contributed by atoms with Crippen LogP contribution in [0.3, 0.4) is 0 Å². The number of rotatable bonds is 19. The van der Waals surface area contributed by atoms with Crippen LogP contribution in [0.4, 0.5) is 4.79 Å². The first kappa shape index (κ1) is 37.2. The first-order valence-corrected chi connectivity index (χ1v) is 17.3. The zero-order valence-corrected chi connectivity index (χ0v) is 27.4. The van der Waals surface area contributed by atoms with Gasteiger partial charge in [-0.15, -0.1) is 0 Å². The van der Waals surface area contributed by atoms with Gasteiger partial charge in [0.15, 0.2) is 6.79 Å². The fraction of sp³-hybridized carbons (Fsp3) is 0.677. The third kappa shape index (κ3) is 13.4. The number of nitrogens with one attached hydrogen (secondary N) is 2. The standard InChI is InChI=1S/C31H50N3O9P/c1-5-6-7-13-21-44(40,43-23-42-29(38)31(2,3)4)33-25(27(35)34-20-14-18-26(34)28(36)37)17-11-12-19-32-30(39)41-22-24-15-9-8-10-16-24/h8-10,15-16,25-26H,5-7,11-14,17-23H2,1-4H3,(H,32,39)(H,33,40)(H,36,37)/t25-,26-,44?/m0/s1. The number of ether oxygens (including phenoxy) is 2. The molecule has 1 aliphatic rings. The lowest BCUT2D eigenvalue weighted by molar-refractivity contribution is -0.159. The van der Waals surface area contributed by atoms with Crippen molar-refractivity contribution in [2.45, 2.75) is 104 Å². The van der Waals surface area contributed by atoms with Gasteiger partial charge < -0.3 is 24.8 Å². The first-order valence-electron chi connectivity index (χ1n) is 15.5. The second kappa shape index (κ2) is 18.8. The average Bonchev–Trinajstić information content (AvgIpc) is 3.48. The predicted molar refractivity (Wildman–Crippen MR) is 166 cm³/mol. The molecule has 0 aliphatic carbocycles. The Kier molecular flexibility index (Phi) is 15.9. The summed E-state index contributed by atoms with van der Waals surface area (Å²) in [6, 6.07) is 7.36. The van der Waals surface area contributed by atoms with Crippen molar-refractivity contribution in [2.75, 3.05) is 26.0 Å². The van der Waals surface area contributed by atoms with Gasteiger partial charge in [0.05, 0.1) is 11.5 Å². The van der Waals surface area contributed by atoms with Crippen LogP contribution in [0, 0.1) is 5.41 Å². The zero-order chi connectivity index (χ0) is 32.6. The lowest BCUT2D eigenvalue weighted by Crippen LogP contribution is -2.49. The molecule has 0 aromatic heterocycles. The number of amides is 2. The SMILES string of the molecule is CCCCCCP(=O)(N[C@@H](CCCCNC(=O)OCc1ccccc1)C(=O)N1CCC[C@H]1C(=O)O)OCOC(=O)C(C)(C)C. The first-order chi connectivity index (χ1) is 20.9. The van der Waals surface area contributed by atoms with Crippen LogP contribution in [-0.2, 0) is 39.6 Å². The molecule has 3 atom stereocenters. The summed E-state index contributed by atoms with van der Waals surface area (Å²) in [5.74, 6) is -2.06. The van der Waals surface area contributed by atoms with Crippen molar-refractivity contribution in [3.63, 3.8) is 0 Å². The van der Waals surface area contributed by atoms with E-state index in [1.807, 2.05) is 30.3 Å². The Bertz CT molecular complexity index is 1110. The molecule has 0 radical (unpaired) electrons. The highest BCUT2D eigenvalue weighted by Crippen LogP contribution is 2.45. The van der Waals surface area contributed by atoms with Crippen molar-refractivity contribution in [1.82, 2.24) is 15.3 Å². The molecule has 1 aliphatic heterocycles. The van der Waals surface area contributed by atoms with Crippen molar-refractivity contribution in [2.24, 2.45) is 5.41 Å². The molecule has 0 saturated carbocycles. The minimum Gasteiger partial charge on any atom is -0.480 e. The molecule has 2 rings (SSSR count). The van der Waals surface area contributed by atoms with Crippen LogP contribution in [0.2, 0.25) is 0 Å². The van der Waals surface area contributed by atoms with Crippen molar-refractivity contribution >= 4 is 31.5 Å². The van der Waals surface area contributed by atoms with Gasteiger partial charge in [0.1, 0.15) is 12.6 Å². The number of carbonyl (C=O) groups excluding carboxylic acids is 3. The molecule has 1 fully saturated rings. The molecular formula is C31H50N3O9P. The number of carboxylic acid groups (broad SMARTS) is 1. The molecule has 12 nitrogen and oxygen atoms in total. The number of benzene rings is 1. The zero-order valence-electron chi connectivity index (χ0n) is 26.5. The Labute approximate surface area is 261 Å². The quantitative estimate of drug-likeness (QED) is 0.0768. The maximum atomic E-state index is 14.0. The number of likely N-dealkylation sites (tertiary alicyclic amines) is 1. The largest absolute Gasteiger partial charge is 0.480 e. The molecule has 44 heavy (non-hydrogen) atoms. The van der Waals surface area contributed by atoms with E-state index >= 15 is 0 Å². The molecule has 1 saturated heterocycles. The van der Waals surface area contributed by atoms with E-state index in [9.17, 15) is 28.8 Å². The highest BCUT2D eigenvalue weighted by molar-refractivity contribution is 7.56. The number of carboxylic acids is 1. The summed E-state index contributed by atoms with van der Waals surface area (Å²) >= 11 is 0. The van der Waals surface area contributed by atoms with Crippen molar-refractivity contribution in [3.05, 3.63) is 35.9 Å². The third-order valence-corrected chi connectivity index (χ3v) is 9.38. The molecule has 1 heterocycles. The van der Waals surface area contributed by atoms with Crippen LogP contribution >= 0.6 is 7.52 Å². The summed E-state index contributed by atoms with van der Waals surface area (Å²) in [5.41, 5.74) is 0.0930. The maximum absolute atomic E-state index is 14.0. The highest BCUT2D eigenvalue weighted by atomic mass is 31.2. The van der Waals surface area contributed by atoms with Crippen LogP contribution in [0.15, 0.2) is 30.3 Å². The number of aliphatic carboxylic acids is 1. The van der Waals surface area contributed by atoms with E-state index in [0.29, 0.717) is 38.6 Å². The van der Waals surface area contributed by atoms with E-state index in [1.54, 1.807) is 20.8 Å². The summed E-state index contributed by atoms with van der Waals surface area (Å²) in [5, 5.41) is 15.3. The van der Waals surface area contributed by atoms with E-state index in [4.69, 9.17) is 14.0 Å². The Hall–Kier alpha value is -2.95. The summed E-state index contributed by atoms with van der Waals surface area (Å²) in [6.07, 6.45) is 4.95. The Morgan fingerprint density at radius 1 is 1.05 bits per heavy atom. The van der Waals surface area contributed by atoms with E-state index in [-0.39, 0.29) is 25.7 Å². The van der Waals surface area contributed by atoms with E-state index in [2.05, 4.69) is 17.3 Å². The van der Waals surface area contributed by atoms with Gasteiger partial charge in [0.25, 0.3) is 7.52 Å². The number of hydrogen-bond donors (Lipinski definition) is 3. The second-order valence-corrected chi connectivity index (χ2v) is 14.4. The van der Waals surface area contributed by atoms with E-state index in [0.717, 1.165) is 24.8 Å². The van der Waals surface area contributed by atoms with Gasteiger partial charge in [0.2, 0.25) is 5.91 Å². The maximum Gasteiger partial charge on any atom is 0.407 e. The van der Waals surface area contributed by atoms with Crippen molar-refractivity contribution in [3.8, 4) is 0 Å². The lowest BCUT2D eigenvalue weighted by atomic mass is 9.98. The minimum atomic E-state index is -3.68.